The van der Waals surface area contributed by atoms with Gasteiger partial charge in [-0.25, -0.2) is 0 Å². The zero-order chi connectivity index (χ0) is 17.7. The largest absolute Gasteiger partial charge is 2.00 e. The smallest absolute Gasteiger partial charge is 0.550 e. The van der Waals surface area contributed by atoms with Crippen LogP contribution in [0.3, 0.4) is 0 Å². The Kier molecular flexibility index (Phi) is 29.4. The summed E-state index contributed by atoms with van der Waals surface area (Å²) in [5, 5.41) is 20.0. The molecule has 0 aliphatic carbocycles. The molecule has 4 N–H and O–H groups in total. The second kappa shape index (κ2) is 21.0. The van der Waals surface area contributed by atoms with Crippen LogP contribution in [0.1, 0.15) is 66.2 Å². The summed E-state index contributed by atoms with van der Waals surface area (Å²) in [5.74, 6) is -3.19. The first-order valence-corrected chi connectivity index (χ1v) is 7.68. The maximum Gasteiger partial charge on any atom is 2.00 e. The normalized spacial score (nSPS) is 8.88. The Hall–Kier alpha value is -1.09. The monoisotopic (exact) mass is 398 g/mol. The summed E-state index contributed by atoms with van der Waals surface area (Å²) >= 11 is 0. The molecule has 0 spiro atoms. The van der Waals surface area contributed by atoms with E-state index in [1.54, 1.807) is 0 Å². The van der Waals surface area contributed by atoms with Gasteiger partial charge >= 0.3 is 21.7 Å². The number of ketones is 2. The van der Waals surface area contributed by atoms with Gasteiger partial charge < -0.3 is 30.8 Å². The van der Waals surface area contributed by atoms with E-state index in [-0.39, 0.29) is 56.1 Å². The van der Waals surface area contributed by atoms with Crippen molar-refractivity contribution in [3.63, 3.8) is 0 Å². The zero-order valence-corrected chi connectivity index (χ0v) is 16.9. The average Bonchev–Trinajstić information content (AvgIpc) is 2.40. The van der Waals surface area contributed by atoms with Crippen molar-refractivity contribution in [3.8, 4) is 0 Å². The van der Waals surface area contributed by atoms with Gasteiger partial charge in [0.05, 0.1) is 0 Å². The first-order chi connectivity index (χ1) is 10.2. The molecule has 0 aromatic rings. The summed E-state index contributed by atoms with van der Waals surface area (Å²) in [5.41, 5.74) is 0. The summed E-state index contributed by atoms with van der Waals surface area (Å²) in [6.07, 6.45) is 1.97. The van der Waals surface area contributed by atoms with Crippen LogP contribution in [0.4, 0.5) is 0 Å². The van der Waals surface area contributed by atoms with Crippen molar-refractivity contribution in [2.75, 3.05) is 0 Å². The van der Waals surface area contributed by atoms with Crippen molar-refractivity contribution in [3.05, 3.63) is 0 Å². The van der Waals surface area contributed by atoms with Crippen LogP contribution in [0.5, 0.6) is 0 Å². The third-order valence-electron chi connectivity index (χ3n) is 3.52. The van der Waals surface area contributed by atoms with Crippen LogP contribution in [-0.4, -0.2) is 34.5 Å². The van der Waals surface area contributed by atoms with Crippen molar-refractivity contribution in [2.45, 2.75) is 66.2 Å². The third kappa shape index (κ3) is 19.1. The van der Waals surface area contributed by atoms with Crippen molar-refractivity contribution in [2.24, 2.45) is 11.8 Å². The maximum absolute atomic E-state index is 11.0. The third-order valence-corrected chi connectivity index (χ3v) is 3.52. The Balaban J connectivity index is -0.0000000952. The number of Topliss-reactive ketones (excluding diaryl/α,β-unsaturated/α-hetero) is 2. The number of carboxylic acids is 2. The van der Waals surface area contributed by atoms with Gasteiger partial charge in [0.25, 0.3) is 0 Å². The fraction of sp³-hybridized carbons (Fsp3) is 0.750. The first kappa shape index (κ1) is 35.1. The Morgan fingerprint density at radius 2 is 0.840 bits per heavy atom. The van der Waals surface area contributed by atoms with Gasteiger partial charge in [-0.15, -0.1) is 0 Å². The van der Waals surface area contributed by atoms with E-state index in [4.69, 9.17) is 0 Å². The van der Waals surface area contributed by atoms with Gasteiger partial charge in [-0.05, 0) is 25.7 Å². The molecule has 9 heteroatoms. The Bertz CT molecular complexity index is 340. The average molecular weight is 398 g/mol. The first-order valence-electron chi connectivity index (χ1n) is 7.68. The van der Waals surface area contributed by atoms with E-state index in [1.807, 2.05) is 27.7 Å². The number of carbonyl (C=O) groups is 4. The molecule has 0 saturated heterocycles. The van der Waals surface area contributed by atoms with Crippen LogP contribution in [-0.2, 0) is 40.9 Å². The van der Waals surface area contributed by atoms with Gasteiger partial charge in [-0.2, -0.15) is 0 Å². The minimum atomic E-state index is -1.28. The molecule has 0 heterocycles. The van der Waals surface area contributed by atoms with Gasteiger partial charge in [-0.1, -0.05) is 27.7 Å². The standard InChI is InChI=1S/2C8H14O3.2H2O.Ti/c2*1-3-6(4-2)7(9)5-8(10)11;;;/h2*6H,3-5H2,1-2H3,(H,10,11);2*1H2;/q;;;;+2/p-2. The molecule has 0 atom stereocenters. The van der Waals surface area contributed by atoms with E-state index < -0.39 is 24.8 Å². The summed E-state index contributed by atoms with van der Waals surface area (Å²) < 4.78 is 0. The molecule has 25 heavy (non-hydrogen) atoms. The van der Waals surface area contributed by atoms with E-state index in [0.29, 0.717) is 25.7 Å². The molecule has 0 bridgehead atoms. The molecule has 0 saturated carbocycles. The predicted octanol–water partition coefficient (Wildman–Crippen LogP) is -1.39. The van der Waals surface area contributed by atoms with E-state index in [2.05, 4.69) is 0 Å². The summed E-state index contributed by atoms with van der Waals surface area (Å²) in [6.45, 7) is 7.51. The molecule has 0 aromatic heterocycles. The summed E-state index contributed by atoms with van der Waals surface area (Å²) in [4.78, 5) is 42.0. The van der Waals surface area contributed by atoms with Gasteiger partial charge in [0.15, 0.2) is 0 Å². The molecule has 0 amide bonds. The number of aliphatic carboxylic acids is 2. The maximum atomic E-state index is 11.0. The summed E-state index contributed by atoms with van der Waals surface area (Å²) in [7, 11) is 0. The number of hydrogen-bond donors (Lipinski definition) is 0. The summed E-state index contributed by atoms with van der Waals surface area (Å²) in [6, 6.07) is 0. The minimum Gasteiger partial charge on any atom is -0.550 e. The van der Waals surface area contributed by atoms with Crippen LogP contribution in [0.15, 0.2) is 0 Å². The van der Waals surface area contributed by atoms with E-state index in [1.165, 1.54) is 0 Å². The van der Waals surface area contributed by atoms with Crippen LogP contribution < -0.4 is 10.2 Å². The van der Waals surface area contributed by atoms with Crippen LogP contribution in [0, 0.1) is 11.8 Å². The fourth-order valence-electron chi connectivity index (χ4n) is 2.06. The van der Waals surface area contributed by atoms with Crippen molar-refractivity contribution < 1.29 is 62.1 Å². The van der Waals surface area contributed by atoms with Crippen LogP contribution >= 0.6 is 0 Å². The number of hydrogen-bond acceptors (Lipinski definition) is 6. The predicted molar refractivity (Wildman–Crippen MR) is 84.6 cm³/mol. The molecule has 0 unspecified atom stereocenters. The molecule has 0 aliphatic rings. The Labute approximate surface area is 163 Å². The molecule has 146 valence electrons. The molecular weight excluding hydrogens is 368 g/mol. The van der Waals surface area contributed by atoms with Gasteiger partial charge in [0.1, 0.15) is 11.6 Å². The van der Waals surface area contributed by atoms with Gasteiger partial charge in [-0.3, -0.25) is 9.59 Å². The van der Waals surface area contributed by atoms with E-state index >= 15 is 0 Å². The number of carboxylic acid groups (broad SMARTS) is 2. The molecular formula is C16H30O8Ti. The zero-order valence-electron chi connectivity index (χ0n) is 15.3. The van der Waals surface area contributed by atoms with Crippen LogP contribution in [0.25, 0.3) is 0 Å². The second-order valence-electron chi connectivity index (χ2n) is 5.06. The molecule has 0 aliphatic heterocycles. The van der Waals surface area contributed by atoms with Crippen molar-refractivity contribution in [1.29, 1.82) is 0 Å². The molecule has 0 radical (unpaired) electrons. The van der Waals surface area contributed by atoms with E-state index in [9.17, 15) is 29.4 Å². The fourth-order valence-corrected chi connectivity index (χ4v) is 2.06. The second-order valence-corrected chi connectivity index (χ2v) is 5.06. The molecule has 0 fully saturated rings. The van der Waals surface area contributed by atoms with Crippen molar-refractivity contribution in [1.82, 2.24) is 0 Å². The van der Waals surface area contributed by atoms with Crippen LogP contribution in [0.2, 0.25) is 0 Å². The molecule has 8 nitrogen and oxygen atoms in total. The van der Waals surface area contributed by atoms with Crippen molar-refractivity contribution >= 4 is 23.5 Å². The van der Waals surface area contributed by atoms with Gasteiger partial charge in [0, 0.05) is 36.6 Å². The van der Waals surface area contributed by atoms with E-state index in [0.717, 1.165) is 0 Å². The molecule has 0 aromatic carbocycles. The number of rotatable bonds is 10. The molecule has 0 rings (SSSR count). The Morgan fingerprint density at radius 1 is 0.640 bits per heavy atom. The number of carbonyl (C=O) groups excluding carboxylic acids is 4. The van der Waals surface area contributed by atoms with Gasteiger partial charge in [0.2, 0.25) is 0 Å². The Morgan fingerprint density at radius 3 is 0.960 bits per heavy atom. The quantitative estimate of drug-likeness (QED) is 0.323. The topological polar surface area (TPSA) is 177 Å². The minimum absolute atomic E-state index is 0. The SMILES string of the molecule is CCC(CC)C(=O)CC(=O)[O-].CCC(CC)C(=O)CC(=O)[O-].O.O.[Ti+2].